The van der Waals surface area contributed by atoms with Crippen LogP contribution in [0.4, 0.5) is 0 Å². The average Bonchev–Trinajstić information content (AvgIpc) is 2.40. The maximum Gasteiger partial charge on any atom is 0.335 e. The Morgan fingerprint density at radius 2 is 1.56 bits per heavy atom. The van der Waals surface area contributed by atoms with Crippen LogP contribution in [0, 0.1) is 0 Å². The van der Waals surface area contributed by atoms with E-state index in [1.54, 1.807) is 39.2 Å². The molecule has 0 aromatic heterocycles. The van der Waals surface area contributed by atoms with Crippen molar-refractivity contribution in [2.75, 3.05) is 0 Å². The minimum Gasteiger partial charge on any atom is -0.478 e. The topological polar surface area (TPSA) is 37.3 Å². The molecule has 0 fully saturated rings. The third-order valence-electron chi connectivity index (χ3n) is 2.43. The molecule has 0 aliphatic heterocycles. The van der Waals surface area contributed by atoms with Crippen LogP contribution < -0.4 is 0 Å². The molecule has 2 nitrogen and oxygen atoms in total. The number of aromatic carboxylic acids is 1. The zero-order valence-electron chi connectivity index (χ0n) is 11.5. The van der Waals surface area contributed by atoms with Gasteiger partial charge in [-0.2, -0.15) is 0 Å². The standard InChI is InChI=1S/C7H6O2.2C4H9.Sn/c8-7(9)6-4-2-1-3-5-6;2*1-3-4-2;/h1-5H,(H,8,9);2*1,3-4H2,2H3;. The fourth-order valence-corrected chi connectivity index (χ4v) is 5.47. The van der Waals surface area contributed by atoms with Crippen LogP contribution in [0.2, 0.25) is 8.87 Å². The number of hydrogen-bond acceptors (Lipinski definition) is 1. The Bertz CT molecular complexity index is 293. The van der Waals surface area contributed by atoms with E-state index >= 15 is 0 Å². The number of carboxylic acids is 1. The van der Waals surface area contributed by atoms with E-state index in [1.807, 2.05) is 0 Å². The molecular weight excluding hydrogens is 331 g/mol. The first-order valence-corrected chi connectivity index (χ1v) is 10.7. The van der Waals surface area contributed by atoms with E-state index in [-0.39, 0.29) is 21.1 Å². The van der Waals surface area contributed by atoms with Gasteiger partial charge >= 0.3 is 75.5 Å². The van der Waals surface area contributed by atoms with E-state index in [9.17, 15) is 4.79 Å². The van der Waals surface area contributed by atoms with Crippen molar-refractivity contribution in [2.45, 2.75) is 48.4 Å². The van der Waals surface area contributed by atoms with Crippen molar-refractivity contribution in [1.82, 2.24) is 0 Å². The minimum atomic E-state index is -0.879. The van der Waals surface area contributed by atoms with Crippen LogP contribution in [0.15, 0.2) is 30.3 Å². The fraction of sp³-hybridized carbons (Fsp3) is 0.533. The smallest absolute Gasteiger partial charge is 0.335 e. The minimum absolute atomic E-state index is 0.149. The molecule has 18 heavy (non-hydrogen) atoms. The van der Waals surface area contributed by atoms with Crippen LogP contribution in [0.3, 0.4) is 0 Å². The van der Waals surface area contributed by atoms with Gasteiger partial charge in [-0.15, -0.1) is 0 Å². The van der Waals surface area contributed by atoms with Crippen molar-refractivity contribution in [3.63, 3.8) is 0 Å². The van der Waals surface area contributed by atoms with Crippen molar-refractivity contribution in [2.24, 2.45) is 0 Å². The molecule has 0 atom stereocenters. The van der Waals surface area contributed by atoms with E-state index in [2.05, 4.69) is 13.8 Å². The van der Waals surface area contributed by atoms with Gasteiger partial charge in [-0.25, -0.2) is 4.79 Å². The summed E-state index contributed by atoms with van der Waals surface area (Å²) in [6.07, 6.45) is 5.84. The van der Waals surface area contributed by atoms with Crippen LogP contribution >= 0.6 is 0 Å². The van der Waals surface area contributed by atoms with E-state index in [4.69, 9.17) is 5.11 Å². The maximum atomic E-state index is 10.2. The third-order valence-corrected chi connectivity index (χ3v) is 6.47. The number of benzene rings is 1. The van der Waals surface area contributed by atoms with Gasteiger partial charge in [0, 0.05) is 0 Å². The van der Waals surface area contributed by atoms with Gasteiger partial charge in [0.2, 0.25) is 0 Å². The summed E-state index contributed by atoms with van der Waals surface area (Å²) in [5.41, 5.74) is 0.331. The fourth-order valence-electron chi connectivity index (χ4n) is 1.31. The van der Waals surface area contributed by atoms with E-state index in [0.717, 1.165) is 0 Å². The molecule has 0 spiro atoms. The summed E-state index contributed by atoms with van der Waals surface area (Å²) in [4.78, 5) is 10.2. The number of unbranched alkanes of at least 4 members (excludes halogenated alkanes) is 2. The van der Waals surface area contributed by atoms with Gasteiger partial charge in [-0.1, -0.05) is 18.2 Å². The van der Waals surface area contributed by atoms with Gasteiger partial charge in [0.25, 0.3) is 0 Å². The zero-order valence-corrected chi connectivity index (χ0v) is 14.3. The first kappa shape index (κ1) is 17.5. The van der Waals surface area contributed by atoms with E-state index in [0.29, 0.717) is 5.56 Å². The summed E-state index contributed by atoms with van der Waals surface area (Å²) < 4.78 is 3.25. The summed E-state index contributed by atoms with van der Waals surface area (Å²) in [7, 11) is 0. The number of hydrogen-bond donors (Lipinski definition) is 1. The molecule has 0 amide bonds. The van der Waals surface area contributed by atoms with Crippen molar-refractivity contribution in [3.05, 3.63) is 35.9 Å². The van der Waals surface area contributed by atoms with Gasteiger partial charge in [-0.3, -0.25) is 0 Å². The van der Waals surface area contributed by atoms with Crippen molar-refractivity contribution < 1.29 is 9.90 Å². The molecule has 1 N–H and O–H groups in total. The molecule has 0 aliphatic carbocycles. The molecule has 3 heteroatoms. The van der Waals surface area contributed by atoms with Gasteiger partial charge < -0.3 is 5.11 Å². The predicted molar refractivity (Wildman–Crippen MR) is 78.6 cm³/mol. The number of carbonyl (C=O) groups is 1. The molecule has 1 aromatic carbocycles. The second kappa shape index (κ2) is 12.9. The summed E-state index contributed by atoms with van der Waals surface area (Å²) in [5.74, 6) is -0.879. The quantitative estimate of drug-likeness (QED) is 0.577. The van der Waals surface area contributed by atoms with Gasteiger partial charge in [0.1, 0.15) is 0 Å². The SMILES string of the molecule is CCC[CH2][Sn][CH2]CCC.O=C(O)c1ccccc1. The third kappa shape index (κ3) is 10.6. The van der Waals surface area contributed by atoms with Gasteiger partial charge in [-0.05, 0) is 12.1 Å². The molecular formula is C15H24O2Sn. The number of rotatable bonds is 7. The van der Waals surface area contributed by atoms with Crippen molar-refractivity contribution >= 4 is 27.1 Å². The molecule has 2 radical (unpaired) electrons. The normalized spacial score (nSPS) is 9.44. The number of carboxylic acid groups (broad SMARTS) is 1. The van der Waals surface area contributed by atoms with E-state index < -0.39 is 5.97 Å². The van der Waals surface area contributed by atoms with Crippen molar-refractivity contribution in [1.29, 1.82) is 0 Å². The molecule has 0 bridgehead atoms. The predicted octanol–water partition coefficient (Wildman–Crippen LogP) is 4.51. The summed E-state index contributed by atoms with van der Waals surface area (Å²) in [6.45, 7) is 4.58. The molecule has 1 aromatic rings. The van der Waals surface area contributed by atoms with E-state index in [1.165, 1.54) is 25.7 Å². The Kier molecular flexibility index (Phi) is 12.6. The first-order chi connectivity index (χ1) is 8.72. The monoisotopic (exact) mass is 356 g/mol. The molecule has 100 valence electrons. The molecule has 0 heterocycles. The molecule has 0 saturated carbocycles. The Morgan fingerprint density at radius 1 is 1.06 bits per heavy atom. The summed E-state index contributed by atoms with van der Waals surface area (Å²) in [5, 5.41) is 8.38. The van der Waals surface area contributed by atoms with Crippen LogP contribution in [0.5, 0.6) is 0 Å². The van der Waals surface area contributed by atoms with Gasteiger partial charge in [0.05, 0.1) is 5.56 Å². The Morgan fingerprint density at radius 3 is 1.89 bits per heavy atom. The van der Waals surface area contributed by atoms with Crippen LogP contribution in [-0.4, -0.2) is 32.2 Å². The van der Waals surface area contributed by atoms with Crippen LogP contribution in [0.1, 0.15) is 49.9 Å². The average molecular weight is 355 g/mol. The summed E-state index contributed by atoms with van der Waals surface area (Å²) in [6, 6.07) is 8.30. The first-order valence-electron chi connectivity index (χ1n) is 6.71. The van der Waals surface area contributed by atoms with Gasteiger partial charge in [0.15, 0.2) is 0 Å². The Hall–Kier alpha value is -0.511. The zero-order chi connectivity index (χ0) is 13.6. The maximum absolute atomic E-state index is 10.2. The molecule has 1 rings (SSSR count). The molecule has 0 saturated heterocycles. The Balaban J connectivity index is 0.000000321. The Labute approximate surface area is 121 Å². The molecule has 0 aliphatic rings. The van der Waals surface area contributed by atoms with Crippen LogP contribution in [0.25, 0.3) is 0 Å². The van der Waals surface area contributed by atoms with Crippen molar-refractivity contribution in [3.8, 4) is 0 Å². The molecule has 0 unspecified atom stereocenters. The second-order valence-electron chi connectivity index (χ2n) is 4.13. The van der Waals surface area contributed by atoms with Crippen LogP contribution in [-0.2, 0) is 0 Å². The summed E-state index contributed by atoms with van der Waals surface area (Å²) >= 11 is 0.149. The second-order valence-corrected chi connectivity index (χ2v) is 8.41. The largest absolute Gasteiger partial charge is 0.478 e.